The van der Waals surface area contributed by atoms with Gasteiger partial charge in [0.15, 0.2) is 11.5 Å². The SMILES string of the molecule is O=C(/C=C/c1c(Cl)cccc1Cl)c1ccccc(=O)c1O. The van der Waals surface area contributed by atoms with Gasteiger partial charge in [-0.3, -0.25) is 9.59 Å². The fraction of sp³-hybridized carbons (Fsp3) is 0. The van der Waals surface area contributed by atoms with Crippen molar-refractivity contribution in [2.45, 2.75) is 0 Å². The third-order valence-corrected chi connectivity index (χ3v) is 3.44. The van der Waals surface area contributed by atoms with Crippen molar-refractivity contribution in [3.8, 4) is 5.75 Å². The molecule has 1 N–H and O–H groups in total. The van der Waals surface area contributed by atoms with E-state index < -0.39 is 17.0 Å². The first kappa shape index (κ1) is 15.3. The summed E-state index contributed by atoms with van der Waals surface area (Å²) in [7, 11) is 0. The smallest absolute Gasteiger partial charge is 0.220 e. The van der Waals surface area contributed by atoms with Crippen molar-refractivity contribution < 1.29 is 9.90 Å². The van der Waals surface area contributed by atoms with Crippen LogP contribution >= 0.6 is 23.2 Å². The molecular formula is C16H10Cl2O3. The molecule has 0 fully saturated rings. The average Bonchev–Trinajstić information content (AvgIpc) is 2.61. The summed E-state index contributed by atoms with van der Waals surface area (Å²) >= 11 is 12.0. The summed E-state index contributed by atoms with van der Waals surface area (Å²) in [5.41, 5.74) is -0.201. The van der Waals surface area contributed by atoms with E-state index in [9.17, 15) is 14.7 Å². The van der Waals surface area contributed by atoms with Crippen LogP contribution in [0.3, 0.4) is 0 Å². The predicted molar refractivity (Wildman–Crippen MR) is 84.2 cm³/mol. The molecule has 0 saturated carbocycles. The van der Waals surface area contributed by atoms with E-state index in [4.69, 9.17) is 23.2 Å². The van der Waals surface area contributed by atoms with E-state index in [2.05, 4.69) is 0 Å². The molecule has 0 bridgehead atoms. The number of rotatable bonds is 3. The summed E-state index contributed by atoms with van der Waals surface area (Å²) in [4.78, 5) is 23.5. The first-order chi connectivity index (χ1) is 10.0. The number of hydrogen-bond acceptors (Lipinski definition) is 3. The summed E-state index contributed by atoms with van der Waals surface area (Å²) in [6, 6.07) is 10.5. The zero-order chi connectivity index (χ0) is 15.4. The first-order valence-electron chi connectivity index (χ1n) is 5.99. The van der Waals surface area contributed by atoms with Crippen LogP contribution in [0.5, 0.6) is 5.75 Å². The zero-order valence-corrected chi connectivity index (χ0v) is 12.2. The van der Waals surface area contributed by atoms with Crippen LogP contribution in [0.1, 0.15) is 15.9 Å². The number of carbonyl (C=O) groups is 1. The lowest BCUT2D eigenvalue weighted by Gasteiger charge is -2.00. The monoisotopic (exact) mass is 320 g/mol. The van der Waals surface area contributed by atoms with Crippen molar-refractivity contribution in [1.82, 2.24) is 0 Å². The highest BCUT2D eigenvalue weighted by atomic mass is 35.5. The second kappa shape index (κ2) is 6.57. The fourth-order valence-corrected chi connectivity index (χ4v) is 2.23. The summed E-state index contributed by atoms with van der Waals surface area (Å²) in [6.07, 6.45) is 2.66. The van der Waals surface area contributed by atoms with Crippen molar-refractivity contribution in [2.24, 2.45) is 0 Å². The van der Waals surface area contributed by atoms with Crippen LogP contribution < -0.4 is 5.43 Å². The minimum absolute atomic E-state index is 0.0792. The van der Waals surface area contributed by atoms with Crippen LogP contribution in [-0.4, -0.2) is 10.9 Å². The molecule has 0 spiro atoms. The normalized spacial score (nSPS) is 10.8. The number of ketones is 1. The highest BCUT2D eigenvalue weighted by Gasteiger charge is 2.10. The van der Waals surface area contributed by atoms with Gasteiger partial charge in [0.25, 0.3) is 0 Å². The van der Waals surface area contributed by atoms with Gasteiger partial charge in [-0.1, -0.05) is 41.4 Å². The molecule has 0 atom stereocenters. The van der Waals surface area contributed by atoms with E-state index in [0.717, 1.165) is 0 Å². The molecule has 0 aliphatic carbocycles. The molecule has 21 heavy (non-hydrogen) atoms. The van der Waals surface area contributed by atoms with E-state index in [1.165, 1.54) is 36.4 Å². The zero-order valence-electron chi connectivity index (χ0n) is 10.7. The number of carbonyl (C=O) groups excluding carboxylic acids is 1. The van der Waals surface area contributed by atoms with Gasteiger partial charge in [0.05, 0.1) is 5.56 Å². The average molecular weight is 321 g/mol. The molecule has 0 radical (unpaired) electrons. The molecule has 0 aliphatic rings. The molecule has 0 aromatic heterocycles. The molecule has 0 aliphatic heterocycles. The lowest BCUT2D eigenvalue weighted by Crippen LogP contribution is -2.01. The standard InChI is InChI=1S/C16H10Cl2O3/c17-12-5-3-6-13(18)10(12)8-9-14(19)11-4-1-2-7-15(20)16(11)21/h1-9H,(H,20,21)/b9-8+. The largest absolute Gasteiger partial charge is 0.504 e. The van der Waals surface area contributed by atoms with E-state index in [1.54, 1.807) is 18.2 Å². The summed E-state index contributed by atoms with van der Waals surface area (Å²) in [6.45, 7) is 0. The number of aromatic hydroxyl groups is 1. The lowest BCUT2D eigenvalue weighted by atomic mass is 10.1. The van der Waals surface area contributed by atoms with Crippen LogP contribution in [0.25, 0.3) is 6.08 Å². The van der Waals surface area contributed by atoms with E-state index in [1.807, 2.05) is 0 Å². The first-order valence-corrected chi connectivity index (χ1v) is 6.75. The molecule has 0 saturated heterocycles. The summed E-state index contributed by atoms with van der Waals surface area (Å²) in [5, 5.41) is 10.5. The molecule has 0 heterocycles. The number of hydrogen-bond donors (Lipinski definition) is 1. The minimum atomic E-state index is -0.618. The van der Waals surface area contributed by atoms with Gasteiger partial charge < -0.3 is 5.11 Å². The molecule has 2 aromatic rings. The Hall–Kier alpha value is -2.10. The Bertz CT molecular complexity index is 762. The molecule has 2 rings (SSSR count). The Morgan fingerprint density at radius 3 is 2.29 bits per heavy atom. The third-order valence-electron chi connectivity index (χ3n) is 2.78. The van der Waals surface area contributed by atoms with Crippen LogP contribution in [0.15, 0.2) is 53.3 Å². The van der Waals surface area contributed by atoms with Gasteiger partial charge >= 0.3 is 0 Å². The highest BCUT2D eigenvalue weighted by molar-refractivity contribution is 6.37. The summed E-state index contributed by atoms with van der Waals surface area (Å²) < 4.78 is 0. The maximum Gasteiger partial charge on any atom is 0.220 e. The molecule has 5 heteroatoms. The Morgan fingerprint density at radius 2 is 1.62 bits per heavy atom. The van der Waals surface area contributed by atoms with Crippen molar-refractivity contribution in [3.63, 3.8) is 0 Å². The van der Waals surface area contributed by atoms with Gasteiger partial charge in [0, 0.05) is 15.6 Å². The summed E-state index contributed by atoms with van der Waals surface area (Å²) in [5.74, 6) is -1.10. The van der Waals surface area contributed by atoms with E-state index in [-0.39, 0.29) is 5.56 Å². The highest BCUT2D eigenvalue weighted by Crippen LogP contribution is 2.25. The number of benzene rings is 1. The second-order valence-corrected chi connectivity index (χ2v) is 4.99. The Morgan fingerprint density at radius 1 is 1.00 bits per heavy atom. The minimum Gasteiger partial charge on any atom is -0.504 e. The topological polar surface area (TPSA) is 54.4 Å². The van der Waals surface area contributed by atoms with Crippen LogP contribution in [0, 0.1) is 0 Å². The van der Waals surface area contributed by atoms with Crippen LogP contribution in [-0.2, 0) is 0 Å². The molecule has 3 nitrogen and oxygen atoms in total. The van der Waals surface area contributed by atoms with Gasteiger partial charge in [-0.25, -0.2) is 0 Å². The predicted octanol–water partition coefficient (Wildman–Crippen LogP) is 3.96. The van der Waals surface area contributed by atoms with Gasteiger partial charge in [0.2, 0.25) is 5.43 Å². The van der Waals surface area contributed by atoms with Crippen molar-refractivity contribution in [2.75, 3.05) is 0 Å². The van der Waals surface area contributed by atoms with E-state index in [0.29, 0.717) is 15.6 Å². The molecule has 2 aromatic carbocycles. The van der Waals surface area contributed by atoms with E-state index >= 15 is 0 Å². The van der Waals surface area contributed by atoms with Crippen LogP contribution in [0.4, 0.5) is 0 Å². The molecule has 0 unspecified atom stereocenters. The second-order valence-electron chi connectivity index (χ2n) is 4.18. The maximum atomic E-state index is 12.1. The number of halogens is 2. The van der Waals surface area contributed by atoms with Crippen molar-refractivity contribution in [1.29, 1.82) is 0 Å². The van der Waals surface area contributed by atoms with Gasteiger partial charge in [-0.05, 0) is 36.4 Å². The Kier molecular flexibility index (Phi) is 4.78. The lowest BCUT2D eigenvalue weighted by molar-refractivity contribution is 0.104. The van der Waals surface area contributed by atoms with Gasteiger partial charge in [-0.15, -0.1) is 0 Å². The molecule has 106 valence electrons. The quantitative estimate of drug-likeness (QED) is 0.688. The molecule has 0 amide bonds. The van der Waals surface area contributed by atoms with Crippen LogP contribution in [0.2, 0.25) is 10.0 Å². The fourth-order valence-electron chi connectivity index (χ4n) is 1.70. The Balaban J connectivity index is 2.40. The van der Waals surface area contributed by atoms with Gasteiger partial charge in [0.1, 0.15) is 0 Å². The van der Waals surface area contributed by atoms with Crippen molar-refractivity contribution in [3.05, 3.63) is 79.9 Å². The maximum absolute atomic E-state index is 12.1. The third kappa shape index (κ3) is 3.51. The van der Waals surface area contributed by atoms with Crippen molar-refractivity contribution >= 4 is 35.1 Å². The Labute approximate surface area is 131 Å². The van der Waals surface area contributed by atoms with Gasteiger partial charge in [-0.2, -0.15) is 0 Å². The molecular weight excluding hydrogens is 311 g/mol. The number of allylic oxidation sites excluding steroid dienone is 1.